The molecule has 1 heterocycles. The third-order valence-electron chi connectivity index (χ3n) is 2.58. The zero-order valence-corrected chi connectivity index (χ0v) is 9.28. The predicted octanol–water partition coefficient (Wildman–Crippen LogP) is 1.75. The van der Waals surface area contributed by atoms with Crippen LogP contribution in [0.15, 0.2) is 11.1 Å². The van der Waals surface area contributed by atoms with Crippen LogP contribution in [0.5, 0.6) is 0 Å². The minimum Gasteiger partial charge on any atom is -0.301 e. The van der Waals surface area contributed by atoms with E-state index in [1.165, 1.54) is 0 Å². The molecule has 0 saturated carbocycles. The van der Waals surface area contributed by atoms with Crippen molar-refractivity contribution in [3.63, 3.8) is 0 Å². The molecule has 1 saturated heterocycles. The van der Waals surface area contributed by atoms with Gasteiger partial charge in [-0.15, -0.1) is 0 Å². The van der Waals surface area contributed by atoms with Gasteiger partial charge in [0.25, 0.3) is 0 Å². The minimum atomic E-state index is 0.677. The van der Waals surface area contributed by atoms with Crippen LogP contribution in [0, 0.1) is 11.8 Å². The van der Waals surface area contributed by atoms with Crippen molar-refractivity contribution in [1.82, 2.24) is 10.6 Å². The van der Waals surface area contributed by atoms with Gasteiger partial charge < -0.3 is 10.6 Å². The Hall–Kier alpha value is -0.340. The summed E-state index contributed by atoms with van der Waals surface area (Å²) < 4.78 is 0. The van der Waals surface area contributed by atoms with Gasteiger partial charge in [0.2, 0.25) is 0 Å². The summed E-state index contributed by atoms with van der Waals surface area (Å²) in [4.78, 5) is 0. The highest BCUT2D eigenvalue weighted by Crippen LogP contribution is 2.23. The second-order valence-electron chi connectivity index (χ2n) is 4.40. The maximum absolute atomic E-state index is 3.36. The summed E-state index contributed by atoms with van der Waals surface area (Å²) in [5, 5.41) is 6.71. The molecular weight excluding hydrogens is 160 g/mol. The Kier molecular flexibility index (Phi) is 3.94. The Morgan fingerprint density at radius 1 is 1.00 bits per heavy atom. The largest absolute Gasteiger partial charge is 0.301 e. The summed E-state index contributed by atoms with van der Waals surface area (Å²) in [5.74, 6) is 1.35. The van der Waals surface area contributed by atoms with E-state index in [0.717, 1.165) is 19.8 Å². The van der Waals surface area contributed by atoms with E-state index in [0.29, 0.717) is 11.8 Å². The Balaban J connectivity index is 2.80. The number of hydrogen-bond acceptors (Lipinski definition) is 2. The fourth-order valence-electron chi connectivity index (χ4n) is 2.26. The van der Waals surface area contributed by atoms with Gasteiger partial charge in [-0.25, -0.2) is 0 Å². The molecule has 0 spiro atoms. The van der Waals surface area contributed by atoms with Gasteiger partial charge in [0.15, 0.2) is 0 Å². The molecular formula is C11H22N2. The summed E-state index contributed by atoms with van der Waals surface area (Å²) >= 11 is 0. The Morgan fingerprint density at radius 3 is 1.85 bits per heavy atom. The van der Waals surface area contributed by atoms with E-state index in [1.54, 1.807) is 11.1 Å². The number of rotatable bonds is 2. The molecule has 0 aromatic heterocycles. The average molecular weight is 182 g/mol. The smallest absolute Gasteiger partial charge is 0.0459 e. The Bertz CT molecular complexity index is 174. The van der Waals surface area contributed by atoms with Crippen LogP contribution in [-0.4, -0.2) is 19.8 Å². The van der Waals surface area contributed by atoms with Gasteiger partial charge in [-0.3, -0.25) is 0 Å². The molecule has 0 aromatic carbocycles. The molecule has 1 fully saturated rings. The molecule has 13 heavy (non-hydrogen) atoms. The van der Waals surface area contributed by atoms with E-state index in [-0.39, 0.29) is 0 Å². The van der Waals surface area contributed by atoms with Gasteiger partial charge in [-0.2, -0.15) is 0 Å². The Morgan fingerprint density at radius 2 is 1.46 bits per heavy atom. The van der Waals surface area contributed by atoms with Gasteiger partial charge in [0.05, 0.1) is 0 Å². The van der Waals surface area contributed by atoms with E-state index >= 15 is 0 Å². The van der Waals surface area contributed by atoms with Crippen molar-refractivity contribution in [2.75, 3.05) is 19.8 Å². The lowest BCUT2D eigenvalue weighted by Crippen LogP contribution is -2.40. The Labute approximate surface area is 81.8 Å². The molecule has 1 rings (SSSR count). The fraction of sp³-hybridized carbons (Fsp3) is 0.818. The van der Waals surface area contributed by atoms with Crippen LogP contribution < -0.4 is 10.6 Å². The van der Waals surface area contributed by atoms with E-state index in [4.69, 9.17) is 0 Å². The average Bonchev–Trinajstić information content (AvgIpc) is 2.04. The van der Waals surface area contributed by atoms with Crippen LogP contribution in [0.25, 0.3) is 0 Å². The molecule has 1 aliphatic rings. The van der Waals surface area contributed by atoms with Crippen molar-refractivity contribution in [2.24, 2.45) is 11.8 Å². The predicted molar refractivity (Wildman–Crippen MR) is 57.6 cm³/mol. The minimum absolute atomic E-state index is 0.677. The molecule has 1 aliphatic heterocycles. The standard InChI is InChI=1S/C11H22N2/c1-8(2)11(9(3)4)10-5-12-7-13-6-10/h8-9,12-13H,5-7H2,1-4H3. The van der Waals surface area contributed by atoms with Crippen molar-refractivity contribution < 1.29 is 0 Å². The highest BCUT2D eigenvalue weighted by Gasteiger charge is 2.15. The normalized spacial score (nSPS) is 18.5. The van der Waals surface area contributed by atoms with Crippen LogP contribution in [0.1, 0.15) is 27.7 Å². The van der Waals surface area contributed by atoms with E-state index in [2.05, 4.69) is 38.3 Å². The van der Waals surface area contributed by atoms with Crippen molar-refractivity contribution in [1.29, 1.82) is 0 Å². The second-order valence-corrected chi connectivity index (χ2v) is 4.40. The van der Waals surface area contributed by atoms with Gasteiger partial charge in [-0.1, -0.05) is 33.3 Å². The first-order valence-corrected chi connectivity index (χ1v) is 5.26. The number of hydrogen-bond donors (Lipinski definition) is 2. The van der Waals surface area contributed by atoms with Crippen molar-refractivity contribution >= 4 is 0 Å². The van der Waals surface area contributed by atoms with Gasteiger partial charge in [0.1, 0.15) is 0 Å². The van der Waals surface area contributed by atoms with Gasteiger partial charge >= 0.3 is 0 Å². The maximum atomic E-state index is 3.36. The van der Waals surface area contributed by atoms with Crippen molar-refractivity contribution in [3.05, 3.63) is 11.1 Å². The fourth-order valence-corrected chi connectivity index (χ4v) is 2.26. The highest BCUT2D eigenvalue weighted by atomic mass is 15.1. The van der Waals surface area contributed by atoms with Gasteiger partial charge in [-0.05, 0) is 17.4 Å². The topological polar surface area (TPSA) is 24.1 Å². The first kappa shape index (κ1) is 10.7. The SMILES string of the molecule is CC(C)C(=C1CNCNC1)C(C)C. The lowest BCUT2D eigenvalue weighted by Gasteiger charge is -2.25. The molecule has 0 unspecified atom stereocenters. The first-order chi connectivity index (χ1) is 6.13. The van der Waals surface area contributed by atoms with E-state index in [9.17, 15) is 0 Å². The third-order valence-corrected chi connectivity index (χ3v) is 2.58. The van der Waals surface area contributed by atoms with Crippen LogP contribution in [-0.2, 0) is 0 Å². The molecule has 0 radical (unpaired) electrons. The van der Waals surface area contributed by atoms with Crippen LogP contribution in [0.4, 0.5) is 0 Å². The van der Waals surface area contributed by atoms with Crippen molar-refractivity contribution in [2.45, 2.75) is 27.7 Å². The van der Waals surface area contributed by atoms with Crippen LogP contribution >= 0.6 is 0 Å². The quantitative estimate of drug-likeness (QED) is 0.636. The number of allylic oxidation sites excluding steroid dienone is 1. The highest BCUT2D eigenvalue weighted by molar-refractivity contribution is 5.21. The van der Waals surface area contributed by atoms with E-state index < -0.39 is 0 Å². The zero-order chi connectivity index (χ0) is 9.84. The molecule has 0 bridgehead atoms. The third kappa shape index (κ3) is 2.82. The summed E-state index contributed by atoms with van der Waals surface area (Å²) in [5.41, 5.74) is 3.19. The molecule has 76 valence electrons. The molecule has 0 atom stereocenters. The summed E-state index contributed by atoms with van der Waals surface area (Å²) in [7, 11) is 0. The summed E-state index contributed by atoms with van der Waals surface area (Å²) in [6.07, 6.45) is 0. The number of nitrogens with one attached hydrogen (secondary N) is 2. The molecule has 2 N–H and O–H groups in total. The lowest BCUT2D eigenvalue weighted by molar-refractivity contribution is 0.533. The van der Waals surface area contributed by atoms with E-state index in [1.807, 2.05) is 0 Å². The lowest BCUT2D eigenvalue weighted by atomic mass is 9.87. The van der Waals surface area contributed by atoms with Crippen LogP contribution in [0.3, 0.4) is 0 Å². The second kappa shape index (κ2) is 4.77. The first-order valence-electron chi connectivity index (χ1n) is 5.26. The van der Waals surface area contributed by atoms with Gasteiger partial charge in [0, 0.05) is 19.8 Å². The molecule has 0 amide bonds. The molecule has 0 aromatic rings. The monoisotopic (exact) mass is 182 g/mol. The molecule has 2 nitrogen and oxygen atoms in total. The summed E-state index contributed by atoms with van der Waals surface area (Å²) in [6, 6.07) is 0. The molecule has 0 aliphatic carbocycles. The zero-order valence-electron chi connectivity index (χ0n) is 9.28. The van der Waals surface area contributed by atoms with Crippen LogP contribution in [0.2, 0.25) is 0 Å². The van der Waals surface area contributed by atoms with Crippen molar-refractivity contribution in [3.8, 4) is 0 Å². The summed E-state index contributed by atoms with van der Waals surface area (Å²) in [6.45, 7) is 12.2. The molecule has 2 heteroatoms. The maximum Gasteiger partial charge on any atom is 0.0459 e.